The van der Waals surface area contributed by atoms with Crippen LogP contribution in [0, 0.1) is 5.41 Å². The van der Waals surface area contributed by atoms with Crippen LogP contribution in [0.2, 0.25) is 0 Å². The quantitative estimate of drug-likeness (QED) is 0.689. The lowest BCUT2D eigenvalue weighted by atomic mass is 10.0. The predicted molar refractivity (Wildman–Crippen MR) is 69.7 cm³/mol. The Kier molecular flexibility index (Phi) is 4.09. The summed E-state index contributed by atoms with van der Waals surface area (Å²) >= 11 is 0. The maximum atomic E-state index is 9.66. The first-order valence-corrected chi connectivity index (χ1v) is 6.37. The van der Waals surface area contributed by atoms with Gasteiger partial charge in [-0.3, -0.25) is 0 Å². The SMILES string of the molecule is COc1ccc(CNCC2(CCO)CC2)cc1O. The van der Waals surface area contributed by atoms with Crippen molar-refractivity contribution < 1.29 is 14.9 Å². The molecular formula is C14H21NO3. The number of benzene rings is 1. The molecule has 1 aliphatic carbocycles. The van der Waals surface area contributed by atoms with Gasteiger partial charge in [0, 0.05) is 19.7 Å². The molecule has 0 aromatic heterocycles. The summed E-state index contributed by atoms with van der Waals surface area (Å²) < 4.78 is 5.00. The molecule has 1 aromatic rings. The van der Waals surface area contributed by atoms with Crippen molar-refractivity contribution in [3.8, 4) is 11.5 Å². The van der Waals surface area contributed by atoms with Crippen LogP contribution in [0.5, 0.6) is 11.5 Å². The molecule has 18 heavy (non-hydrogen) atoms. The van der Waals surface area contributed by atoms with Gasteiger partial charge in [-0.05, 0) is 42.4 Å². The zero-order valence-corrected chi connectivity index (χ0v) is 10.8. The van der Waals surface area contributed by atoms with E-state index in [1.54, 1.807) is 19.2 Å². The van der Waals surface area contributed by atoms with Gasteiger partial charge in [0.1, 0.15) is 0 Å². The molecule has 0 heterocycles. The smallest absolute Gasteiger partial charge is 0.160 e. The summed E-state index contributed by atoms with van der Waals surface area (Å²) in [7, 11) is 1.54. The summed E-state index contributed by atoms with van der Waals surface area (Å²) in [4.78, 5) is 0. The molecule has 0 radical (unpaired) electrons. The van der Waals surface area contributed by atoms with Crippen LogP contribution in [0.4, 0.5) is 0 Å². The molecule has 1 saturated carbocycles. The van der Waals surface area contributed by atoms with E-state index >= 15 is 0 Å². The van der Waals surface area contributed by atoms with Crippen LogP contribution in [0.25, 0.3) is 0 Å². The Morgan fingerprint density at radius 2 is 2.17 bits per heavy atom. The molecule has 0 amide bonds. The van der Waals surface area contributed by atoms with Gasteiger partial charge in [0.15, 0.2) is 11.5 Å². The topological polar surface area (TPSA) is 61.7 Å². The van der Waals surface area contributed by atoms with Crippen molar-refractivity contribution in [3.63, 3.8) is 0 Å². The normalized spacial score (nSPS) is 16.6. The Morgan fingerprint density at radius 1 is 1.39 bits per heavy atom. The fourth-order valence-corrected chi connectivity index (χ4v) is 2.25. The molecular weight excluding hydrogens is 230 g/mol. The maximum absolute atomic E-state index is 9.66. The van der Waals surface area contributed by atoms with Crippen LogP contribution in [0.15, 0.2) is 18.2 Å². The minimum Gasteiger partial charge on any atom is -0.504 e. The molecule has 0 aliphatic heterocycles. The molecule has 0 bridgehead atoms. The van der Waals surface area contributed by atoms with E-state index in [-0.39, 0.29) is 12.4 Å². The molecule has 2 rings (SSSR count). The summed E-state index contributed by atoms with van der Waals surface area (Å²) in [5.74, 6) is 0.672. The van der Waals surface area contributed by atoms with Crippen molar-refractivity contribution in [2.75, 3.05) is 20.3 Å². The number of phenolic OH excluding ortho intramolecular Hbond substituents is 1. The molecule has 0 atom stereocenters. The number of ether oxygens (including phenoxy) is 1. The van der Waals surface area contributed by atoms with E-state index in [4.69, 9.17) is 9.84 Å². The summed E-state index contributed by atoms with van der Waals surface area (Å²) in [6.45, 7) is 1.93. The number of aliphatic hydroxyl groups excluding tert-OH is 1. The number of phenols is 1. The van der Waals surface area contributed by atoms with Crippen molar-refractivity contribution in [1.29, 1.82) is 0 Å². The first kappa shape index (κ1) is 13.2. The van der Waals surface area contributed by atoms with Crippen LogP contribution in [0.3, 0.4) is 0 Å². The molecule has 4 heteroatoms. The van der Waals surface area contributed by atoms with Gasteiger partial charge in [-0.15, -0.1) is 0 Å². The zero-order chi connectivity index (χ0) is 13.0. The van der Waals surface area contributed by atoms with E-state index in [1.165, 1.54) is 12.8 Å². The van der Waals surface area contributed by atoms with E-state index in [0.29, 0.717) is 11.2 Å². The van der Waals surface area contributed by atoms with Gasteiger partial charge in [-0.2, -0.15) is 0 Å². The van der Waals surface area contributed by atoms with Crippen molar-refractivity contribution in [2.24, 2.45) is 5.41 Å². The third-order valence-electron chi connectivity index (χ3n) is 3.67. The summed E-state index contributed by atoms with van der Waals surface area (Å²) in [5.41, 5.74) is 1.36. The van der Waals surface area contributed by atoms with Crippen LogP contribution in [0.1, 0.15) is 24.8 Å². The van der Waals surface area contributed by atoms with Gasteiger partial charge in [0.2, 0.25) is 0 Å². The third kappa shape index (κ3) is 3.15. The highest BCUT2D eigenvalue weighted by Crippen LogP contribution is 2.47. The van der Waals surface area contributed by atoms with Crippen LogP contribution >= 0.6 is 0 Å². The molecule has 0 unspecified atom stereocenters. The van der Waals surface area contributed by atoms with Gasteiger partial charge in [0.05, 0.1) is 7.11 Å². The number of hydrogen-bond donors (Lipinski definition) is 3. The lowest BCUT2D eigenvalue weighted by Gasteiger charge is -2.14. The number of hydrogen-bond acceptors (Lipinski definition) is 4. The largest absolute Gasteiger partial charge is 0.504 e. The average molecular weight is 251 g/mol. The molecule has 4 nitrogen and oxygen atoms in total. The molecule has 1 fully saturated rings. The van der Waals surface area contributed by atoms with Gasteiger partial charge in [0.25, 0.3) is 0 Å². The minimum atomic E-state index is 0.174. The van der Waals surface area contributed by atoms with Crippen LogP contribution in [-0.2, 0) is 6.54 Å². The van der Waals surface area contributed by atoms with Crippen molar-refractivity contribution >= 4 is 0 Å². The molecule has 0 spiro atoms. The maximum Gasteiger partial charge on any atom is 0.160 e. The number of rotatable bonds is 7. The van der Waals surface area contributed by atoms with Gasteiger partial charge < -0.3 is 20.3 Å². The predicted octanol–water partition coefficient (Wildman–Crippen LogP) is 1.65. The van der Waals surface area contributed by atoms with Crippen molar-refractivity contribution in [2.45, 2.75) is 25.8 Å². The zero-order valence-electron chi connectivity index (χ0n) is 10.8. The second-order valence-corrected chi connectivity index (χ2v) is 5.08. The van der Waals surface area contributed by atoms with E-state index in [1.807, 2.05) is 6.07 Å². The van der Waals surface area contributed by atoms with E-state index in [9.17, 15) is 5.11 Å². The highest BCUT2D eigenvalue weighted by molar-refractivity contribution is 5.41. The second kappa shape index (κ2) is 5.59. The molecule has 1 aliphatic rings. The molecule has 0 saturated heterocycles. The van der Waals surface area contributed by atoms with E-state index in [2.05, 4.69) is 5.32 Å². The summed E-state index contributed by atoms with van der Waals surface area (Å²) in [5, 5.41) is 22.0. The van der Waals surface area contributed by atoms with Crippen LogP contribution in [-0.4, -0.2) is 30.5 Å². The summed E-state index contributed by atoms with van der Waals surface area (Å²) in [6.07, 6.45) is 3.29. The van der Waals surface area contributed by atoms with Crippen LogP contribution < -0.4 is 10.1 Å². The molecule has 100 valence electrons. The third-order valence-corrected chi connectivity index (χ3v) is 3.67. The van der Waals surface area contributed by atoms with Gasteiger partial charge in [-0.1, -0.05) is 6.07 Å². The Balaban J connectivity index is 1.82. The standard InChI is InChI=1S/C14H21NO3/c1-18-13-3-2-11(8-12(13)17)9-15-10-14(4-5-14)6-7-16/h2-3,8,15-17H,4-7,9-10H2,1H3. The van der Waals surface area contributed by atoms with E-state index in [0.717, 1.165) is 25.1 Å². The minimum absolute atomic E-state index is 0.174. The Bertz CT molecular complexity index is 402. The number of aromatic hydroxyl groups is 1. The molecule has 1 aromatic carbocycles. The Morgan fingerprint density at radius 3 is 2.72 bits per heavy atom. The number of aliphatic hydroxyl groups is 1. The van der Waals surface area contributed by atoms with Crippen molar-refractivity contribution in [1.82, 2.24) is 5.32 Å². The average Bonchev–Trinajstić information content (AvgIpc) is 3.10. The lowest BCUT2D eigenvalue weighted by Crippen LogP contribution is -2.24. The monoisotopic (exact) mass is 251 g/mol. The summed E-state index contributed by atoms with van der Waals surface area (Å²) in [6, 6.07) is 5.43. The first-order chi connectivity index (χ1) is 8.69. The van der Waals surface area contributed by atoms with Crippen molar-refractivity contribution in [3.05, 3.63) is 23.8 Å². The highest BCUT2D eigenvalue weighted by Gasteiger charge is 2.41. The lowest BCUT2D eigenvalue weighted by molar-refractivity contribution is 0.245. The first-order valence-electron chi connectivity index (χ1n) is 6.37. The van der Waals surface area contributed by atoms with Gasteiger partial charge >= 0.3 is 0 Å². The van der Waals surface area contributed by atoms with Gasteiger partial charge in [-0.25, -0.2) is 0 Å². The fraction of sp³-hybridized carbons (Fsp3) is 0.571. The second-order valence-electron chi connectivity index (χ2n) is 5.08. The van der Waals surface area contributed by atoms with E-state index < -0.39 is 0 Å². The number of nitrogens with one attached hydrogen (secondary N) is 1. The Labute approximate surface area is 108 Å². The fourth-order valence-electron chi connectivity index (χ4n) is 2.25. The molecule has 3 N–H and O–H groups in total. The highest BCUT2D eigenvalue weighted by atomic mass is 16.5. The Hall–Kier alpha value is -1.26. The number of methoxy groups -OCH3 is 1.